The molecule has 0 aromatic carbocycles. The molecule has 0 aromatic rings. The van der Waals surface area contributed by atoms with Gasteiger partial charge in [-0.3, -0.25) is 10.5 Å². The monoisotopic (exact) mass is 347 g/mol. The third-order valence-electron chi connectivity index (χ3n) is 3.80. The number of nitrogens with two attached hydrogens (primary N) is 1. The molecule has 0 aliphatic rings. The number of carbonyl (C=O) groups excluding carboxylic acids is 1. The molecule has 0 fully saturated rings. The van der Waals surface area contributed by atoms with Crippen LogP contribution in [0.3, 0.4) is 0 Å². The average Bonchev–Trinajstić information content (AvgIpc) is 2.56. The fourth-order valence-electron chi connectivity index (χ4n) is 2.19. The Morgan fingerprint density at radius 3 is 1.72 bits per heavy atom. The molecule has 0 rings (SSSR count). The number of aliphatic hydroxyl groups is 1. The molecule has 3 heteroatoms. The standard InChI is InChI=1S/C22H37NO2/c1-3-4-5-6-7-8-9-10-11-12-13-14-15-16-17-18-19-20-21(24)22(2,23)25/h7-8,10-11,13-14,16-17,25H,3-6,9,12,15,18-20,23H2,1-2H3/b8-7-,11-10-,14-13-,17-16-. The van der Waals surface area contributed by atoms with Crippen LogP contribution in [0, 0.1) is 0 Å². The second-order valence-corrected chi connectivity index (χ2v) is 6.55. The maximum absolute atomic E-state index is 11.4. The Kier molecular flexibility index (Phi) is 15.1. The minimum atomic E-state index is -1.69. The van der Waals surface area contributed by atoms with Crippen molar-refractivity contribution in [1.82, 2.24) is 0 Å². The van der Waals surface area contributed by atoms with Gasteiger partial charge in [-0.05, 0) is 51.9 Å². The van der Waals surface area contributed by atoms with E-state index in [1.807, 2.05) is 0 Å². The van der Waals surface area contributed by atoms with Gasteiger partial charge in [0, 0.05) is 6.42 Å². The molecule has 3 N–H and O–H groups in total. The van der Waals surface area contributed by atoms with Crippen LogP contribution in [0.15, 0.2) is 48.6 Å². The van der Waals surface area contributed by atoms with E-state index in [1.165, 1.54) is 32.6 Å². The zero-order valence-electron chi connectivity index (χ0n) is 16.1. The lowest BCUT2D eigenvalue weighted by atomic mass is 10.1. The fourth-order valence-corrected chi connectivity index (χ4v) is 2.19. The normalized spacial score (nSPS) is 15.0. The third-order valence-corrected chi connectivity index (χ3v) is 3.80. The highest BCUT2D eigenvalue weighted by atomic mass is 16.3. The second-order valence-electron chi connectivity index (χ2n) is 6.55. The zero-order chi connectivity index (χ0) is 18.8. The van der Waals surface area contributed by atoms with Crippen molar-refractivity contribution in [3.8, 4) is 0 Å². The highest BCUT2D eigenvalue weighted by Gasteiger charge is 2.22. The van der Waals surface area contributed by atoms with Gasteiger partial charge in [0.1, 0.15) is 0 Å². The van der Waals surface area contributed by atoms with Crippen LogP contribution in [0.2, 0.25) is 0 Å². The van der Waals surface area contributed by atoms with Gasteiger partial charge in [-0.25, -0.2) is 0 Å². The number of carbonyl (C=O) groups is 1. The van der Waals surface area contributed by atoms with Crippen LogP contribution in [0.4, 0.5) is 0 Å². The number of ketones is 1. The number of rotatable bonds is 15. The second kappa shape index (κ2) is 16.0. The summed E-state index contributed by atoms with van der Waals surface area (Å²) in [6.45, 7) is 3.56. The lowest BCUT2D eigenvalue weighted by molar-refractivity contribution is -0.135. The Balaban J connectivity index is 3.54. The lowest BCUT2D eigenvalue weighted by Gasteiger charge is -2.14. The van der Waals surface area contributed by atoms with Crippen LogP contribution in [-0.2, 0) is 4.79 Å². The molecule has 0 aliphatic heterocycles. The molecule has 0 heterocycles. The first-order valence-electron chi connectivity index (χ1n) is 9.63. The maximum atomic E-state index is 11.4. The fraction of sp³-hybridized carbons (Fsp3) is 0.591. The van der Waals surface area contributed by atoms with Crippen LogP contribution in [0.1, 0.15) is 78.1 Å². The van der Waals surface area contributed by atoms with Crippen molar-refractivity contribution in [2.24, 2.45) is 5.73 Å². The molecule has 0 saturated heterocycles. The Bertz CT molecular complexity index is 439. The Labute approximate surface area is 154 Å². The first-order chi connectivity index (χ1) is 12.0. The first-order valence-corrected chi connectivity index (χ1v) is 9.63. The molecule has 0 radical (unpaired) electrons. The van der Waals surface area contributed by atoms with Crippen molar-refractivity contribution in [2.45, 2.75) is 83.8 Å². The SMILES string of the molecule is CCCCC/C=C\C/C=C\C/C=C\C/C=C\CCCC(=O)C(C)(N)O. The summed E-state index contributed by atoms with van der Waals surface area (Å²) in [5.74, 6) is -0.302. The molecule has 0 aliphatic carbocycles. The summed E-state index contributed by atoms with van der Waals surface area (Å²) in [6, 6.07) is 0. The molecule has 0 saturated carbocycles. The number of hydrogen-bond donors (Lipinski definition) is 2. The van der Waals surface area contributed by atoms with E-state index in [0.29, 0.717) is 6.42 Å². The lowest BCUT2D eigenvalue weighted by Crippen LogP contribution is -2.44. The molecule has 0 aromatic heterocycles. The molecule has 0 spiro atoms. The number of unbranched alkanes of at least 4 members (excludes halogenated alkanes) is 4. The van der Waals surface area contributed by atoms with Gasteiger partial charge in [-0.2, -0.15) is 0 Å². The summed E-state index contributed by atoms with van der Waals surface area (Å²) < 4.78 is 0. The predicted molar refractivity (Wildman–Crippen MR) is 108 cm³/mol. The van der Waals surface area contributed by atoms with E-state index in [4.69, 9.17) is 5.73 Å². The molecule has 0 amide bonds. The molecule has 142 valence electrons. The minimum absolute atomic E-state index is 0.302. The zero-order valence-corrected chi connectivity index (χ0v) is 16.1. The summed E-state index contributed by atoms with van der Waals surface area (Å²) >= 11 is 0. The van der Waals surface area contributed by atoms with Gasteiger partial charge in [0.2, 0.25) is 0 Å². The summed E-state index contributed by atoms with van der Waals surface area (Å²) in [5, 5.41) is 9.31. The minimum Gasteiger partial charge on any atom is -0.369 e. The van der Waals surface area contributed by atoms with Crippen LogP contribution in [0.25, 0.3) is 0 Å². The summed E-state index contributed by atoms with van der Waals surface area (Å²) in [5.41, 5.74) is 3.63. The molecule has 1 atom stereocenters. The van der Waals surface area contributed by atoms with Gasteiger partial charge < -0.3 is 5.11 Å². The number of allylic oxidation sites excluding steroid dienone is 8. The van der Waals surface area contributed by atoms with Gasteiger partial charge in [-0.1, -0.05) is 68.4 Å². The van der Waals surface area contributed by atoms with Crippen molar-refractivity contribution in [1.29, 1.82) is 0 Å². The molecular weight excluding hydrogens is 310 g/mol. The van der Waals surface area contributed by atoms with E-state index in [9.17, 15) is 9.90 Å². The smallest absolute Gasteiger partial charge is 0.178 e. The first kappa shape index (κ1) is 23.5. The Hall–Kier alpha value is -1.45. The summed E-state index contributed by atoms with van der Waals surface area (Å²) in [7, 11) is 0. The van der Waals surface area contributed by atoms with E-state index in [1.54, 1.807) is 0 Å². The van der Waals surface area contributed by atoms with Crippen LogP contribution < -0.4 is 5.73 Å². The van der Waals surface area contributed by atoms with Crippen LogP contribution in [-0.4, -0.2) is 16.6 Å². The molecular formula is C22H37NO2. The molecule has 3 nitrogen and oxygen atoms in total. The van der Waals surface area contributed by atoms with E-state index in [-0.39, 0.29) is 5.78 Å². The van der Waals surface area contributed by atoms with E-state index in [2.05, 4.69) is 55.5 Å². The van der Waals surface area contributed by atoms with Gasteiger partial charge in [0.15, 0.2) is 11.5 Å². The number of Topliss-reactive ketones (excluding diaryl/α,β-unsaturated/α-hetero) is 1. The van der Waals surface area contributed by atoms with Gasteiger partial charge >= 0.3 is 0 Å². The van der Waals surface area contributed by atoms with E-state index < -0.39 is 5.72 Å². The average molecular weight is 348 g/mol. The van der Waals surface area contributed by atoms with Crippen molar-refractivity contribution in [2.75, 3.05) is 0 Å². The third kappa shape index (κ3) is 17.2. The maximum Gasteiger partial charge on any atom is 0.178 e. The van der Waals surface area contributed by atoms with Gasteiger partial charge in [0.25, 0.3) is 0 Å². The van der Waals surface area contributed by atoms with Crippen molar-refractivity contribution >= 4 is 5.78 Å². The Morgan fingerprint density at radius 2 is 1.28 bits per heavy atom. The van der Waals surface area contributed by atoms with Gasteiger partial charge in [0.05, 0.1) is 0 Å². The topological polar surface area (TPSA) is 63.3 Å². The highest BCUT2D eigenvalue weighted by molar-refractivity contribution is 5.85. The summed E-state index contributed by atoms with van der Waals surface area (Å²) in [6.07, 6.45) is 27.3. The predicted octanol–water partition coefficient (Wildman–Crippen LogP) is 5.37. The van der Waals surface area contributed by atoms with E-state index >= 15 is 0 Å². The number of hydrogen-bond acceptors (Lipinski definition) is 3. The van der Waals surface area contributed by atoms with E-state index in [0.717, 1.165) is 32.1 Å². The summed E-state index contributed by atoms with van der Waals surface area (Å²) in [4.78, 5) is 11.4. The van der Waals surface area contributed by atoms with Crippen LogP contribution in [0.5, 0.6) is 0 Å². The molecule has 25 heavy (non-hydrogen) atoms. The Morgan fingerprint density at radius 1 is 0.840 bits per heavy atom. The van der Waals surface area contributed by atoms with Crippen molar-refractivity contribution in [3.05, 3.63) is 48.6 Å². The van der Waals surface area contributed by atoms with Crippen LogP contribution >= 0.6 is 0 Å². The molecule has 0 bridgehead atoms. The largest absolute Gasteiger partial charge is 0.369 e. The van der Waals surface area contributed by atoms with Crippen molar-refractivity contribution in [3.63, 3.8) is 0 Å². The quantitative estimate of drug-likeness (QED) is 0.238. The highest BCUT2D eigenvalue weighted by Crippen LogP contribution is 2.05. The van der Waals surface area contributed by atoms with Crippen molar-refractivity contribution < 1.29 is 9.90 Å². The van der Waals surface area contributed by atoms with Gasteiger partial charge in [-0.15, -0.1) is 0 Å². The molecule has 1 unspecified atom stereocenters.